The number of aromatic nitrogens is 4. The smallest absolute Gasteiger partial charge is 0.469 e. The second kappa shape index (κ2) is 14.3. The number of phosphoric ester groups is 1. The summed E-state index contributed by atoms with van der Waals surface area (Å²) in [6.07, 6.45) is 1.42. The van der Waals surface area contributed by atoms with Crippen LogP contribution in [-0.2, 0) is 15.5 Å². The molecule has 15 heteroatoms. The molecule has 2 aromatic carbocycles. The van der Waals surface area contributed by atoms with Gasteiger partial charge in [0.15, 0.2) is 5.82 Å². The van der Waals surface area contributed by atoms with E-state index in [-0.39, 0.29) is 13.0 Å². The van der Waals surface area contributed by atoms with Crippen LogP contribution in [0.15, 0.2) is 54.9 Å². The number of nitrogens with zero attached hydrogens (tertiary/aromatic N) is 4. The van der Waals surface area contributed by atoms with Gasteiger partial charge in [-0.15, -0.1) is 0 Å². The van der Waals surface area contributed by atoms with E-state index in [4.69, 9.17) is 14.5 Å². The molecule has 0 aliphatic carbocycles. The predicted octanol–water partition coefficient (Wildman–Crippen LogP) is 3.41. The van der Waals surface area contributed by atoms with E-state index in [1.807, 2.05) is 30.0 Å². The van der Waals surface area contributed by atoms with Crippen LogP contribution in [0.5, 0.6) is 5.75 Å². The van der Waals surface area contributed by atoms with E-state index in [2.05, 4.69) is 35.3 Å². The molecule has 220 valence electrons. The third-order valence-corrected chi connectivity index (χ3v) is 6.58. The minimum absolute atomic E-state index is 0.0466. The second-order valence-electron chi connectivity index (χ2n) is 9.14. The lowest BCUT2D eigenvalue weighted by molar-refractivity contribution is 0.159. The number of rotatable bonds is 16. The van der Waals surface area contributed by atoms with Gasteiger partial charge in [0.2, 0.25) is 0 Å². The van der Waals surface area contributed by atoms with Gasteiger partial charge in [0, 0.05) is 48.4 Å². The minimum Gasteiger partial charge on any atom is -0.493 e. The fourth-order valence-corrected chi connectivity index (χ4v) is 4.42. The molecular formula is C26H33FN7O6P. The van der Waals surface area contributed by atoms with E-state index >= 15 is 0 Å². The summed E-state index contributed by atoms with van der Waals surface area (Å²) in [6, 6.07) is 13.1. The van der Waals surface area contributed by atoms with Crippen LogP contribution in [-0.4, -0.2) is 79.0 Å². The number of hydrogen-bond acceptors (Lipinski definition) is 10. The molecule has 2 aromatic heterocycles. The van der Waals surface area contributed by atoms with Gasteiger partial charge in [-0.1, -0.05) is 13.0 Å². The molecule has 0 saturated heterocycles. The van der Waals surface area contributed by atoms with Crippen molar-refractivity contribution in [3.8, 4) is 5.75 Å². The van der Waals surface area contributed by atoms with E-state index in [9.17, 15) is 14.1 Å². The molecule has 0 aliphatic heterocycles. The largest absolute Gasteiger partial charge is 0.493 e. The molecule has 0 aliphatic rings. The second-order valence-corrected chi connectivity index (χ2v) is 10.4. The lowest BCUT2D eigenvalue weighted by Crippen LogP contribution is -2.29. The first-order valence-corrected chi connectivity index (χ1v) is 14.5. The Morgan fingerprint density at radius 3 is 2.76 bits per heavy atom. The number of ether oxygens (including phenoxy) is 1. The van der Waals surface area contributed by atoms with Crippen LogP contribution in [0.2, 0.25) is 0 Å². The molecule has 6 N–H and O–H groups in total. The molecule has 0 amide bonds. The topological polar surface area (TPSA) is 178 Å². The van der Waals surface area contributed by atoms with Gasteiger partial charge < -0.3 is 35.2 Å². The molecule has 13 nitrogen and oxygen atoms in total. The maximum absolute atomic E-state index is 13.4. The number of hydrogen-bond donors (Lipinski definition) is 6. The summed E-state index contributed by atoms with van der Waals surface area (Å²) >= 11 is 0. The number of fused-ring (bicyclic) bond motifs is 1. The maximum atomic E-state index is 13.4. The summed E-state index contributed by atoms with van der Waals surface area (Å²) < 4.78 is 34.6. The third-order valence-electron chi connectivity index (χ3n) is 6.06. The van der Waals surface area contributed by atoms with Gasteiger partial charge in [-0.05, 0) is 43.3 Å². The highest BCUT2D eigenvalue weighted by molar-refractivity contribution is 7.46. The molecule has 0 fully saturated rings. The zero-order chi connectivity index (χ0) is 29.2. The fraction of sp³-hybridized carbons (Fsp3) is 0.346. The number of aliphatic hydroxyl groups is 1. The molecular weight excluding hydrogens is 556 g/mol. The Balaban J connectivity index is 1.28. The summed E-state index contributed by atoms with van der Waals surface area (Å²) in [5.74, 6) is 1.31. The third kappa shape index (κ3) is 9.74. The average molecular weight is 590 g/mol. The lowest BCUT2D eigenvalue weighted by Gasteiger charge is -2.20. The molecule has 0 bridgehead atoms. The van der Waals surface area contributed by atoms with Gasteiger partial charge in [-0.2, -0.15) is 5.10 Å². The fourth-order valence-electron chi connectivity index (χ4n) is 4.10. The number of benzene rings is 2. The molecule has 2 heterocycles. The van der Waals surface area contributed by atoms with Crippen molar-refractivity contribution in [1.29, 1.82) is 0 Å². The normalized spacial score (nSPS) is 12.5. The zero-order valence-electron chi connectivity index (χ0n) is 22.4. The Morgan fingerprint density at radius 1 is 1.12 bits per heavy atom. The first-order valence-electron chi connectivity index (χ1n) is 13.0. The first kappa shape index (κ1) is 30.3. The zero-order valence-corrected chi connectivity index (χ0v) is 23.3. The number of aliphatic hydroxyl groups excluding tert-OH is 1. The highest BCUT2D eigenvalue weighted by Crippen LogP contribution is 2.35. The van der Waals surface area contributed by atoms with Crippen molar-refractivity contribution >= 4 is 36.0 Å². The molecule has 1 unspecified atom stereocenters. The Morgan fingerprint density at radius 2 is 1.98 bits per heavy atom. The predicted molar refractivity (Wildman–Crippen MR) is 151 cm³/mol. The summed E-state index contributed by atoms with van der Waals surface area (Å²) in [5.41, 5.74) is 1.81. The average Bonchev–Trinajstić information content (AvgIpc) is 3.35. The number of likely N-dealkylation sites (N-methyl/N-ethyl adjacent to an activating group) is 1. The van der Waals surface area contributed by atoms with Crippen molar-refractivity contribution in [2.24, 2.45) is 0 Å². The van der Waals surface area contributed by atoms with E-state index < -0.39 is 19.9 Å². The van der Waals surface area contributed by atoms with Crippen LogP contribution < -0.4 is 15.4 Å². The van der Waals surface area contributed by atoms with Crippen LogP contribution in [0.25, 0.3) is 10.9 Å². The van der Waals surface area contributed by atoms with Crippen molar-refractivity contribution < 1.29 is 33.1 Å². The monoisotopic (exact) mass is 589 g/mol. The summed E-state index contributed by atoms with van der Waals surface area (Å²) in [4.78, 5) is 28.3. The number of anilines is 3. The summed E-state index contributed by atoms with van der Waals surface area (Å²) in [7, 11) is -4.46. The van der Waals surface area contributed by atoms with E-state index in [0.717, 1.165) is 11.9 Å². The number of halogens is 1. The Labute approximate surface area is 236 Å². The lowest BCUT2D eigenvalue weighted by atomic mass is 10.2. The van der Waals surface area contributed by atoms with Crippen LogP contribution in [0, 0.1) is 5.82 Å². The van der Waals surface area contributed by atoms with Crippen LogP contribution >= 0.6 is 7.82 Å². The SMILES string of the molecule is CCN(CCCOc1ccc2c(Nc3cc(CC(O)Nc4cccc(F)c4)[nH]n3)ncnc2c1)CCOP(=O)(O)O. The van der Waals surface area contributed by atoms with Gasteiger partial charge >= 0.3 is 7.82 Å². The molecule has 0 saturated carbocycles. The molecule has 0 spiro atoms. The van der Waals surface area contributed by atoms with Crippen molar-refractivity contribution in [2.45, 2.75) is 26.0 Å². The standard InChI is InChI=1S/C26H33FN7O6P/c1-2-34(10-12-40-41(36,37)38)9-4-11-39-21-7-8-22-23(16-21)28-17-29-26(22)31-24-14-20(32-33-24)15-25(35)30-19-6-3-5-18(27)13-19/h3,5-8,13-14,16-17,25,30,35H,2,4,9-12,15H2,1H3,(H2,36,37,38)(H2,28,29,31,32,33). The van der Waals surface area contributed by atoms with Crippen molar-refractivity contribution in [2.75, 3.05) is 43.5 Å². The highest BCUT2D eigenvalue weighted by Gasteiger charge is 2.14. The maximum Gasteiger partial charge on any atom is 0.469 e. The number of nitrogens with one attached hydrogen (secondary N) is 3. The number of H-pyrrole nitrogens is 1. The number of aromatic amines is 1. The van der Waals surface area contributed by atoms with E-state index in [0.29, 0.717) is 60.4 Å². The van der Waals surface area contributed by atoms with Crippen molar-refractivity contribution in [3.63, 3.8) is 0 Å². The van der Waals surface area contributed by atoms with E-state index in [1.165, 1.54) is 18.5 Å². The number of phosphoric acid groups is 1. The van der Waals surface area contributed by atoms with Gasteiger partial charge in [-0.3, -0.25) is 9.62 Å². The molecule has 0 radical (unpaired) electrons. The summed E-state index contributed by atoms with van der Waals surface area (Å²) in [6.45, 7) is 4.19. The highest BCUT2D eigenvalue weighted by atomic mass is 31.2. The molecule has 4 rings (SSSR count). The molecule has 1 atom stereocenters. The van der Waals surface area contributed by atoms with Gasteiger partial charge in [0.05, 0.1) is 18.7 Å². The van der Waals surface area contributed by atoms with Crippen LogP contribution in [0.3, 0.4) is 0 Å². The minimum atomic E-state index is -4.46. The Bertz CT molecular complexity index is 1470. The van der Waals surface area contributed by atoms with Gasteiger partial charge in [0.1, 0.15) is 29.9 Å². The van der Waals surface area contributed by atoms with Crippen molar-refractivity contribution in [3.05, 3.63) is 66.4 Å². The van der Waals surface area contributed by atoms with Gasteiger partial charge in [0.25, 0.3) is 0 Å². The van der Waals surface area contributed by atoms with Crippen molar-refractivity contribution in [1.82, 2.24) is 25.1 Å². The van der Waals surface area contributed by atoms with Crippen LogP contribution in [0.1, 0.15) is 19.0 Å². The Hall–Kier alpha value is -3.65. The quantitative estimate of drug-likeness (QED) is 0.0639. The molecule has 4 aromatic rings. The summed E-state index contributed by atoms with van der Waals surface area (Å²) in [5, 5.41) is 24.2. The Kier molecular flexibility index (Phi) is 10.6. The van der Waals surface area contributed by atoms with E-state index in [1.54, 1.807) is 18.2 Å². The first-order chi connectivity index (χ1) is 19.7. The van der Waals surface area contributed by atoms with Gasteiger partial charge in [-0.25, -0.2) is 18.9 Å². The van der Waals surface area contributed by atoms with Crippen LogP contribution in [0.4, 0.5) is 21.7 Å². The molecule has 41 heavy (non-hydrogen) atoms.